The van der Waals surface area contributed by atoms with E-state index in [-0.39, 0.29) is 17.6 Å². The van der Waals surface area contributed by atoms with Crippen LogP contribution in [0.4, 0.5) is 0 Å². The van der Waals surface area contributed by atoms with Gasteiger partial charge in [0.15, 0.2) is 0 Å². The van der Waals surface area contributed by atoms with Crippen LogP contribution in [-0.2, 0) is 16.1 Å². The first kappa shape index (κ1) is 23.1. The second kappa shape index (κ2) is 11.7. The number of benzene rings is 1. The molecule has 1 amide bonds. The predicted molar refractivity (Wildman–Crippen MR) is 119 cm³/mol. The van der Waals surface area contributed by atoms with Crippen molar-refractivity contribution in [3.63, 3.8) is 0 Å². The molecule has 10 heteroatoms. The molecule has 0 aliphatic carbocycles. The van der Waals surface area contributed by atoms with Gasteiger partial charge in [0.25, 0.3) is 5.56 Å². The average molecular weight is 471 g/mol. The number of aromatic nitrogens is 2. The SMILES string of the molecule is O=C(CCCSc1ccc(=O)[nH]n1)NC[C@H]1CN(Cc2ccc(Cl)c(Cl)c2)CCO1. The molecule has 7 nitrogen and oxygen atoms in total. The van der Waals surface area contributed by atoms with Crippen molar-refractivity contribution in [1.82, 2.24) is 20.4 Å². The van der Waals surface area contributed by atoms with Crippen molar-refractivity contribution in [2.24, 2.45) is 0 Å². The summed E-state index contributed by atoms with van der Waals surface area (Å²) in [6.45, 7) is 3.46. The summed E-state index contributed by atoms with van der Waals surface area (Å²) in [4.78, 5) is 25.4. The van der Waals surface area contributed by atoms with Gasteiger partial charge in [-0.05, 0) is 30.2 Å². The summed E-state index contributed by atoms with van der Waals surface area (Å²) in [7, 11) is 0. The number of H-pyrrole nitrogens is 1. The second-order valence-corrected chi connectivity index (χ2v) is 8.92. The fraction of sp³-hybridized carbons (Fsp3) is 0.450. The van der Waals surface area contributed by atoms with Crippen molar-refractivity contribution in [3.05, 3.63) is 56.3 Å². The first-order chi connectivity index (χ1) is 14.5. The molecule has 1 fully saturated rings. The van der Waals surface area contributed by atoms with Crippen LogP contribution >= 0.6 is 35.0 Å². The maximum Gasteiger partial charge on any atom is 0.264 e. The van der Waals surface area contributed by atoms with Crippen LogP contribution in [0.15, 0.2) is 40.2 Å². The van der Waals surface area contributed by atoms with Gasteiger partial charge >= 0.3 is 0 Å². The van der Waals surface area contributed by atoms with Crippen LogP contribution in [0.5, 0.6) is 0 Å². The summed E-state index contributed by atoms with van der Waals surface area (Å²) in [5, 5.41) is 11.1. The first-order valence-corrected chi connectivity index (χ1v) is 11.5. The zero-order valence-corrected chi connectivity index (χ0v) is 18.7. The number of morpholine rings is 1. The zero-order valence-electron chi connectivity index (χ0n) is 16.4. The number of amides is 1. The van der Waals surface area contributed by atoms with Gasteiger partial charge in [-0.3, -0.25) is 14.5 Å². The van der Waals surface area contributed by atoms with Crippen LogP contribution in [0.1, 0.15) is 18.4 Å². The van der Waals surface area contributed by atoms with Gasteiger partial charge < -0.3 is 10.1 Å². The largest absolute Gasteiger partial charge is 0.374 e. The smallest absolute Gasteiger partial charge is 0.264 e. The Bertz CT molecular complexity index is 891. The van der Waals surface area contributed by atoms with Crippen LogP contribution in [0.25, 0.3) is 0 Å². The fourth-order valence-corrected chi connectivity index (χ4v) is 4.17. The number of carbonyl (C=O) groups excluding carboxylic acids is 1. The van der Waals surface area contributed by atoms with Gasteiger partial charge in [-0.15, -0.1) is 11.8 Å². The third-order valence-electron chi connectivity index (χ3n) is 4.59. The van der Waals surface area contributed by atoms with Crippen molar-refractivity contribution >= 4 is 40.9 Å². The summed E-state index contributed by atoms with van der Waals surface area (Å²) >= 11 is 13.6. The molecule has 3 rings (SSSR count). The van der Waals surface area contributed by atoms with E-state index in [1.54, 1.807) is 6.07 Å². The lowest BCUT2D eigenvalue weighted by Gasteiger charge is -2.33. The van der Waals surface area contributed by atoms with Gasteiger partial charge in [0, 0.05) is 44.4 Å². The molecule has 0 saturated carbocycles. The molecular weight excluding hydrogens is 447 g/mol. The monoisotopic (exact) mass is 470 g/mol. The van der Waals surface area contributed by atoms with Crippen molar-refractivity contribution in [2.45, 2.75) is 30.5 Å². The van der Waals surface area contributed by atoms with E-state index < -0.39 is 0 Å². The quantitative estimate of drug-likeness (QED) is 0.432. The van der Waals surface area contributed by atoms with Crippen LogP contribution in [0.2, 0.25) is 10.0 Å². The lowest BCUT2D eigenvalue weighted by atomic mass is 10.2. The van der Waals surface area contributed by atoms with Crippen molar-refractivity contribution < 1.29 is 9.53 Å². The molecule has 2 aromatic rings. The number of rotatable bonds is 9. The van der Waals surface area contributed by atoms with E-state index in [0.29, 0.717) is 29.6 Å². The van der Waals surface area contributed by atoms with Gasteiger partial charge in [-0.2, -0.15) is 5.10 Å². The van der Waals surface area contributed by atoms with Gasteiger partial charge in [-0.1, -0.05) is 29.3 Å². The fourth-order valence-electron chi connectivity index (χ4n) is 3.08. The summed E-state index contributed by atoms with van der Waals surface area (Å²) < 4.78 is 5.79. The van der Waals surface area contributed by atoms with E-state index in [2.05, 4.69) is 20.4 Å². The number of hydrogen-bond donors (Lipinski definition) is 2. The molecule has 0 unspecified atom stereocenters. The molecule has 1 aliphatic heterocycles. The molecule has 2 N–H and O–H groups in total. The molecule has 1 aromatic heterocycles. The van der Waals surface area contributed by atoms with Crippen molar-refractivity contribution in [3.8, 4) is 0 Å². The molecule has 1 atom stereocenters. The Kier molecular flexibility index (Phi) is 9.02. The second-order valence-electron chi connectivity index (χ2n) is 6.99. The van der Waals surface area contributed by atoms with Gasteiger partial charge in [0.1, 0.15) is 5.03 Å². The highest BCUT2D eigenvalue weighted by Crippen LogP contribution is 2.23. The molecule has 1 saturated heterocycles. The third kappa shape index (κ3) is 7.59. The van der Waals surface area contributed by atoms with E-state index in [1.165, 1.54) is 17.8 Å². The van der Waals surface area contributed by atoms with E-state index in [1.807, 2.05) is 18.2 Å². The molecule has 2 heterocycles. The zero-order chi connectivity index (χ0) is 21.3. The standard InChI is InChI=1S/C20H24Cl2N4O3S/c21-16-4-3-14(10-17(16)22)12-26-7-8-29-15(13-26)11-23-18(27)2-1-9-30-20-6-5-19(28)24-25-20/h3-6,10,15H,1-2,7-9,11-13H2,(H,23,27)(H,24,28)/t15-/m0/s1. The number of nitrogens with zero attached hydrogens (tertiary/aromatic N) is 2. The Morgan fingerprint density at radius 1 is 1.30 bits per heavy atom. The average Bonchev–Trinajstić information content (AvgIpc) is 2.74. The topological polar surface area (TPSA) is 87.3 Å². The maximum absolute atomic E-state index is 12.1. The summed E-state index contributed by atoms with van der Waals surface area (Å²) in [6.07, 6.45) is 1.13. The first-order valence-electron chi connectivity index (χ1n) is 9.73. The predicted octanol–water partition coefficient (Wildman–Crippen LogP) is 2.97. The normalized spacial score (nSPS) is 17.1. The van der Waals surface area contributed by atoms with E-state index in [9.17, 15) is 9.59 Å². The van der Waals surface area contributed by atoms with Gasteiger partial charge in [0.2, 0.25) is 5.91 Å². The summed E-state index contributed by atoms with van der Waals surface area (Å²) in [6, 6.07) is 8.78. The molecular formula is C20H24Cl2N4O3S. The number of nitrogens with one attached hydrogen (secondary N) is 2. The Hall–Kier alpha value is -1.58. The highest BCUT2D eigenvalue weighted by Gasteiger charge is 2.21. The molecule has 30 heavy (non-hydrogen) atoms. The minimum absolute atomic E-state index is 0.00948. The van der Waals surface area contributed by atoms with E-state index >= 15 is 0 Å². The Labute approximate surface area is 189 Å². The highest BCUT2D eigenvalue weighted by molar-refractivity contribution is 7.99. The lowest BCUT2D eigenvalue weighted by molar-refractivity contribution is -0.122. The minimum Gasteiger partial charge on any atom is -0.374 e. The number of hydrogen-bond acceptors (Lipinski definition) is 6. The number of halogens is 2. The lowest BCUT2D eigenvalue weighted by Crippen LogP contribution is -2.47. The number of thioether (sulfide) groups is 1. The minimum atomic E-state index is -0.223. The Morgan fingerprint density at radius 2 is 2.17 bits per heavy atom. The van der Waals surface area contributed by atoms with Crippen LogP contribution in [0, 0.1) is 0 Å². The summed E-state index contributed by atoms with van der Waals surface area (Å²) in [5.41, 5.74) is 0.878. The highest BCUT2D eigenvalue weighted by atomic mass is 35.5. The number of ether oxygens (including phenoxy) is 1. The Morgan fingerprint density at radius 3 is 2.93 bits per heavy atom. The number of aromatic amines is 1. The maximum atomic E-state index is 12.1. The van der Waals surface area contributed by atoms with Crippen LogP contribution in [-0.4, -0.2) is 59.1 Å². The molecule has 0 radical (unpaired) electrons. The third-order valence-corrected chi connectivity index (χ3v) is 6.35. The van der Waals surface area contributed by atoms with Crippen molar-refractivity contribution in [2.75, 3.05) is 32.0 Å². The van der Waals surface area contributed by atoms with Crippen molar-refractivity contribution in [1.29, 1.82) is 0 Å². The van der Waals surface area contributed by atoms with Gasteiger partial charge in [-0.25, -0.2) is 5.10 Å². The van der Waals surface area contributed by atoms with Crippen LogP contribution in [0.3, 0.4) is 0 Å². The van der Waals surface area contributed by atoms with Gasteiger partial charge in [0.05, 0.1) is 22.8 Å². The molecule has 162 valence electrons. The molecule has 0 bridgehead atoms. The van der Waals surface area contributed by atoms with E-state index in [4.69, 9.17) is 27.9 Å². The Balaban J connectivity index is 1.33. The number of carbonyl (C=O) groups is 1. The molecule has 0 spiro atoms. The summed E-state index contributed by atoms with van der Waals surface area (Å²) in [5.74, 6) is 0.763. The molecule has 1 aromatic carbocycles. The molecule has 1 aliphatic rings. The van der Waals surface area contributed by atoms with Crippen LogP contribution < -0.4 is 10.9 Å². The van der Waals surface area contributed by atoms with E-state index in [0.717, 1.165) is 42.4 Å².